The van der Waals surface area contributed by atoms with Crippen LogP contribution in [0.25, 0.3) is 11.6 Å². The molecule has 2 saturated heterocycles. The molecule has 14 heteroatoms. The number of piperazine rings is 1. The van der Waals surface area contributed by atoms with Gasteiger partial charge in [0.15, 0.2) is 11.6 Å². The average Bonchev–Trinajstić information content (AvgIpc) is 3.63. The molecule has 4 heterocycles. The van der Waals surface area contributed by atoms with Crippen molar-refractivity contribution >= 4 is 17.8 Å². The van der Waals surface area contributed by atoms with Gasteiger partial charge in [0.2, 0.25) is 0 Å². The van der Waals surface area contributed by atoms with Crippen LogP contribution in [0.5, 0.6) is 0 Å². The maximum absolute atomic E-state index is 14.3. The first-order chi connectivity index (χ1) is 24.8. The molecule has 2 atom stereocenters. The number of ether oxygens (including phenoxy) is 2. The van der Waals surface area contributed by atoms with Gasteiger partial charge in [-0.05, 0) is 56.4 Å². The summed E-state index contributed by atoms with van der Waals surface area (Å²) in [5.74, 6) is -1.05. The number of aryl methyl sites for hydroxylation is 1. The maximum atomic E-state index is 14.3. The minimum Gasteiger partial charge on any atom is -0.465 e. The lowest BCUT2D eigenvalue weighted by Gasteiger charge is -2.48. The fraction of sp³-hybridized carbons (Fsp3) is 0.486. The zero-order valence-electron chi connectivity index (χ0n) is 29.4. The Balaban J connectivity index is 1.05. The number of benzene rings is 2. The number of carbonyl (C=O) groups excluding carboxylic acids is 1. The molecule has 0 saturated carbocycles. The number of likely N-dealkylation sites (tertiary alicyclic amines) is 1. The molecule has 0 unspecified atom stereocenters. The van der Waals surface area contributed by atoms with Crippen LogP contribution >= 0.6 is 0 Å². The van der Waals surface area contributed by atoms with Crippen LogP contribution in [0.1, 0.15) is 56.0 Å². The molecule has 2 fully saturated rings. The van der Waals surface area contributed by atoms with Gasteiger partial charge in [0.25, 0.3) is 5.89 Å². The molecule has 0 amide bonds. The van der Waals surface area contributed by atoms with Crippen LogP contribution < -0.4 is 10.2 Å². The third-order valence-corrected chi connectivity index (χ3v) is 9.68. The molecule has 2 aromatic heterocycles. The Kier molecular flexibility index (Phi) is 12.2. The maximum Gasteiger partial charge on any atom is 0.325 e. The predicted molar refractivity (Wildman–Crippen MR) is 188 cm³/mol. The Labute approximate surface area is 297 Å². The molecule has 1 N–H and O–H groups in total. The zero-order valence-corrected chi connectivity index (χ0v) is 29.4. The fourth-order valence-corrected chi connectivity index (χ4v) is 7.08. The smallest absolute Gasteiger partial charge is 0.325 e. The van der Waals surface area contributed by atoms with Crippen LogP contribution in [0, 0.1) is 18.6 Å². The molecule has 272 valence electrons. The second kappa shape index (κ2) is 17.1. The summed E-state index contributed by atoms with van der Waals surface area (Å²) in [5, 5.41) is 10.8. The lowest BCUT2D eigenvalue weighted by atomic mass is 9.95. The Morgan fingerprint density at radius 3 is 2.57 bits per heavy atom. The number of halogens is 2. The summed E-state index contributed by atoms with van der Waals surface area (Å²) in [5.41, 5.74) is 3.02. The van der Waals surface area contributed by atoms with Crippen LogP contribution in [0.3, 0.4) is 0 Å². The quantitative estimate of drug-likeness (QED) is 0.169. The third kappa shape index (κ3) is 9.04. The number of aromatic nitrogens is 4. The van der Waals surface area contributed by atoms with E-state index in [1.54, 1.807) is 19.2 Å². The van der Waals surface area contributed by atoms with Gasteiger partial charge in [-0.3, -0.25) is 14.6 Å². The SMILES string of the molecule is CCOC(=O)CNc1nnc(-c2cnc(N3CCN(C4CCN([C@@H](COCc5ccccc5)c5ccc(F)c(F)c5)CC4)[C@@H](CC)C3)c(C)n2)o1. The van der Waals surface area contributed by atoms with Crippen molar-refractivity contribution in [3.8, 4) is 11.6 Å². The van der Waals surface area contributed by atoms with E-state index in [4.69, 9.17) is 23.9 Å². The first-order valence-corrected chi connectivity index (χ1v) is 17.7. The van der Waals surface area contributed by atoms with Crippen molar-refractivity contribution in [3.63, 3.8) is 0 Å². The predicted octanol–water partition coefficient (Wildman–Crippen LogP) is 5.41. The molecule has 0 spiro atoms. The number of hydrogen-bond donors (Lipinski definition) is 1. The zero-order chi connectivity index (χ0) is 35.7. The number of anilines is 2. The van der Waals surface area contributed by atoms with Gasteiger partial charge in [0.1, 0.15) is 18.1 Å². The van der Waals surface area contributed by atoms with Crippen LogP contribution in [-0.4, -0.2) is 101 Å². The highest BCUT2D eigenvalue weighted by molar-refractivity contribution is 5.74. The van der Waals surface area contributed by atoms with Crippen molar-refractivity contribution in [2.45, 2.75) is 64.8 Å². The van der Waals surface area contributed by atoms with Crippen molar-refractivity contribution in [1.29, 1.82) is 0 Å². The summed E-state index contributed by atoms with van der Waals surface area (Å²) >= 11 is 0. The standard InChI is InChI=1S/C37H46F2N8O4/c1-4-28-22-46(35-25(3)42-32(20-40-35)36-43-44-37(51-36)41-21-34(48)50-5-2)17-18-47(28)29-13-15-45(16-14-29)33(27-11-12-30(38)31(39)19-27)24-49-23-26-9-7-6-8-10-26/h6-12,19-20,28-29,33H,4-5,13-18,21-24H2,1-3H3,(H,41,44)/t28-,33-/m0/s1. The number of piperidine rings is 1. The minimum absolute atomic E-state index is 0.0787. The molecule has 0 bridgehead atoms. The highest BCUT2D eigenvalue weighted by Crippen LogP contribution is 2.31. The second-order valence-corrected chi connectivity index (χ2v) is 12.9. The first kappa shape index (κ1) is 36.3. The topological polar surface area (TPSA) is 122 Å². The van der Waals surface area contributed by atoms with E-state index < -0.39 is 17.6 Å². The highest BCUT2D eigenvalue weighted by Gasteiger charge is 2.35. The van der Waals surface area contributed by atoms with E-state index in [-0.39, 0.29) is 24.5 Å². The molecular weight excluding hydrogens is 658 g/mol. The van der Waals surface area contributed by atoms with Crippen LogP contribution in [0.4, 0.5) is 20.6 Å². The molecule has 12 nitrogen and oxygen atoms in total. The van der Waals surface area contributed by atoms with Gasteiger partial charge in [-0.15, -0.1) is 5.10 Å². The van der Waals surface area contributed by atoms with Crippen LogP contribution in [0.2, 0.25) is 0 Å². The van der Waals surface area contributed by atoms with Gasteiger partial charge in [-0.1, -0.05) is 48.4 Å². The minimum atomic E-state index is -0.842. The Morgan fingerprint density at radius 2 is 1.84 bits per heavy atom. The van der Waals surface area contributed by atoms with E-state index in [2.05, 4.69) is 37.1 Å². The molecule has 4 aromatic rings. The summed E-state index contributed by atoms with van der Waals surface area (Å²) in [7, 11) is 0. The van der Waals surface area contributed by atoms with Crippen molar-refractivity contribution in [2.24, 2.45) is 0 Å². The van der Waals surface area contributed by atoms with Crippen molar-refractivity contribution in [1.82, 2.24) is 30.0 Å². The van der Waals surface area contributed by atoms with Crippen molar-refractivity contribution < 1.29 is 27.5 Å². The summed E-state index contributed by atoms with van der Waals surface area (Å²) < 4.78 is 44.9. The summed E-state index contributed by atoms with van der Waals surface area (Å²) in [4.78, 5) is 28.4. The third-order valence-electron chi connectivity index (χ3n) is 9.68. The highest BCUT2D eigenvalue weighted by atomic mass is 19.2. The van der Waals surface area contributed by atoms with Crippen molar-refractivity contribution in [3.05, 3.63) is 83.2 Å². The van der Waals surface area contributed by atoms with E-state index in [1.807, 2.05) is 37.3 Å². The first-order valence-electron chi connectivity index (χ1n) is 17.7. The van der Waals surface area contributed by atoms with Crippen LogP contribution in [-0.2, 0) is 20.9 Å². The summed E-state index contributed by atoms with van der Waals surface area (Å²) in [6.45, 7) is 11.2. The number of rotatable bonds is 14. The lowest BCUT2D eigenvalue weighted by Crippen LogP contribution is -2.58. The molecule has 2 aliphatic rings. The fourth-order valence-electron chi connectivity index (χ4n) is 7.08. The van der Waals surface area contributed by atoms with Gasteiger partial charge >= 0.3 is 12.0 Å². The van der Waals surface area contributed by atoms with Gasteiger partial charge in [-0.25, -0.2) is 18.7 Å². The van der Waals surface area contributed by atoms with Gasteiger partial charge in [0, 0.05) is 44.8 Å². The number of hydrogen-bond acceptors (Lipinski definition) is 12. The molecule has 0 aliphatic carbocycles. The number of esters is 1. The number of nitrogens with one attached hydrogen (secondary N) is 1. The monoisotopic (exact) mass is 704 g/mol. The molecule has 2 aromatic carbocycles. The molecular formula is C37H46F2N8O4. The van der Waals surface area contributed by atoms with Gasteiger partial charge in [-0.2, -0.15) is 0 Å². The van der Waals surface area contributed by atoms with E-state index in [9.17, 15) is 13.6 Å². The summed E-state index contributed by atoms with van der Waals surface area (Å²) in [6, 6.07) is 14.9. The number of carbonyl (C=O) groups is 1. The van der Waals surface area contributed by atoms with Crippen molar-refractivity contribution in [2.75, 3.05) is 62.7 Å². The van der Waals surface area contributed by atoms with E-state index in [1.165, 1.54) is 12.1 Å². The lowest BCUT2D eigenvalue weighted by molar-refractivity contribution is -0.140. The molecule has 0 radical (unpaired) electrons. The average molecular weight is 705 g/mol. The Hall–Kier alpha value is -4.53. The van der Waals surface area contributed by atoms with E-state index in [0.717, 1.165) is 74.6 Å². The summed E-state index contributed by atoms with van der Waals surface area (Å²) in [6.07, 6.45) is 4.59. The number of nitrogens with zero attached hydrogens (tertiary/aromatic N) is 7. The largest absolute Gasteiger partial charge is 0.465 e. The molecule has 6 rings (SSSR count). The molecule has 2 aliphatic heterocycles. The van der Waals surface area contributed by atoms with E-state index >= 15 is 0 Å². The normalized spacial score (nSPS) is 18.1. The van der Waals surface area contributed by atoms with Gasteiger partial charge < -0.3 is 24.1 Å². The van der Waals surface area contributed by atoms with Crippen LogP contribution in [0.15, 0.2) is 59.1 Å². The second-order valence-electron chi connectivity index (χ2n) is 12.9. The Morgan fingerprint density at radius 1 is 1.04 bits per heavy atom. The Bertz CT molecular complexity index is 1740. The molecule has 51 heavy (non-hydrogen) atoms. The van der Waals surface area contributed by atoms with Gasteiger partial charge in [0.05, 0.1) is 37.8 Å². The van der Waals surface area contributed by atoms with E-state index in [0.29, 0.717) is 37.6 Å².